The van der Waals surface area contributed by atoms with E-state index >= 15 is 0 Å². The number of carbonyl (C=O) groups is 1. The van der Waals surface area contributed by atoms with Gasteiger partial charge in [-0.2, -0.15) is 4.99 Å². The van der Waals surface area contributed by atoms with Crippen LogP contribution < -0.4 is 0 Å². The van der Waals surface area contributed by atoms with Gasteiger partial charge in [0.05, 0.1) is 18.2 Å². The van der Waals surface area contributed by atoms with Crippen molar-refractivity contribution >= 4 is 12.0 Å². The summed E-state index contributed by atoms with van der Waals surface area (Å²) in [5, 5.41) is 0. The van der Waals surface area contributed by atoms with Crippen molar-refractivity contribution < 1.29 is 14.3 Å². The molecule has 0 N–H and O–H groups in total. The summed E-state index contributed by atoms with van der Waals surface area (Å²) in [5.41, 5.74) is 0.228. The van der Waals surface area contributed by atoms with Crippen molar-refractivity contribution in [3.05, 3.63) is 12.2 Å². The molecule has 0 saturated carbocycles. The third-order valence-corrected chi connectivity index (χ3v) is 2.49. The average Bonchev–Trinajstić information content (AvgIpc) is 2.34. The first-order chi connectivity index (χ1) is 8.17. The second-order valence-electron chi connectivity index (χ2n) is 3.87. The zero-order chi connectivity index (χ0) is 13.1. The minimum absolute atomic E-state index is 0.228. The van der Waals surface area contributed by atoms with Crippen LogP contribution in [0.3, 0.4) is 0 Å². The standard InChI is InChI=1S/C13H21NO3/c1-4-6-7-8-9-17-13(16)11(3)12(5-2)14-10-15/h12H,3-9H2,1-2H3. The van der Waals surface area contributed by atoms with Crippen molar-refractivity contribution in [2.75, 3.05) is 6.61 Å². The van der Waals surface area contributed by atoms with Crippen LogP contribution in [0.25, 0.3) is 0 Å². The van der Waals surface area contributed by atoms with Crippen LogP contribution in [0.1, 0.15) is 46.0 Å². The van der Waals surface area contributed by atoms with Crippen molar-refractivity contribution in [2.24, 2.45) is 4.99 Å². The number of isocyanates is 1. The van der Waals surface area contributed by atoms with Gasteiger partial charge in [-0.25, -0.2) is 9.59 Å². The van der Waals surface area contributed by atoms with Crippen LogP contribution in [0.4, 0.5) is 0 Å². The van der Waals surface area contributed by atoms with E-state index in [2.05, 4.69) is 18.5 Å². The summed E-state index contributed by atoms with van der Waals surface area (Å²) in [7, 11) is 0. The molecule has 0 aliphatic rings. The molecule has 0 aromatic carbocycles. The van der Waals surface area contributed by atoms with Gasteiger partial charge in [0.15, 0.2) is 0 Å². The summed E-state index contributed by atoms with van der Waals surface area (Å²) < 4.78 is 5.05. The number of hydrogen-bond acceptors (Lipinski definition) is 4. The van der Waals surface area contributed by atoms with Gasteiger partial charge in [0, 0.05) is 0 Å². The van der Waals surface area contributed by atoms with Gasteiger partial charge in [-0.1, -0.05) is 39.7 Å². The number of ether oxygens (including phenoxy) is 1. The predicted molar refractivity (Wildman–Crippen MR) is 66.4 cm³/mol. The largest absolute Gasteiger partial charge is 0.462 e. The molecule has 96 valence electrons. The van der Waals surface area contributed by atoms with Gasteiger partial charge in [-0.05, 0) is 12.8 Å². The molecule has 1 atom stereocenters. The lowest BCUT2D eigenvalue weighted by atomic mass is 10.1. The molecular weight excluding hydrogens is 218 g/mol. The average molecular weight is 239 g/mol. The summed E-state index contributed by atoms with van der Waals surface area (Å²) in [4.78, 5) is 25.2. The highest BCUT2D eigenvalue weighted by Crippen LogP contribution is 2.10. The Kier molecular flexibility index (Phi) is 8.98. The topological polar surface area (TPSA) is 55.7 Å². The third kappa shape index (κ3) is 6.69. The quantitative estimate of drug-likeness (QED) is 0.204. The van der Waals surface area contributed by atoms with E-state index in [0.29, 0.717) is 13.0 Å². The fourth-order valence-corrected chi connectivity index (χ4v) is 1.40. The van der Waals surface area contributed by atoms with Gasteiger partial charge in [-0.3, -0.25) is 0 Å². The second kappa shape index (κ2) is 9.79. The van der Waals surface area contributed by atoms with Crippen LogP contribution in [0, 0.1) is 0 Å². The molecule has 0 aromatic rings. The molecule has 0 aliphatic carbocycles. The maximum Gasteiger partial charge on any atom is 0.335 e. The molecule has 0 aliphatic heterocycles. The van der Waals surface area contributed by atoms with Gasteiger partial charge in [0.1, 0.15) is 0 Å². The first kappa shape index (κ1) is 15.6. The molecule has 0 heterocycles. The number of aliphatic imine (C=N–C) groups is 1. The smallest absolute Gasteiger partial charge is 0.335 e. The van der Waals surface area contributed by atoms with Crippen molar-refractivity contribution in [1.29, 1.82) is 0 Å². The van der Waals surface area contributed by atoms with Crippen LogP contribution in [-0.2, 0) is 14.3 Å². The summed E-state index contributed by atoms with van der Waals surface area (Å²) >= 11 is 0. The maximum atomic E-state index is 11.5. The molecule has 1 unspecified atom stereocenters. The fourth-order valence-electron chi connectivity index (χ4n) is 1.40. The first-order valence-electron chi connectivity index (χ1n) is 6.10. The van der Waals surface area contributed by atoms with E-state index in [-0.39, 0.29) is 5.57 Å². The van der Waals surface area contributed by atoms with E-state index in [1.54, 1.807) is 0 Å². The van der Waals surface area contributed by atoms with Crippen molar-refractivity contribution in [1.82, 2.24) is 0 Å². The normalized spacial score (nSPS) is 11.4. The van der Waals surface area contributed by atoms with Gasteiger partial charge in [0.25, 0.3) is 0 Å². The van der Waals surface area contributed by atoms with Gasteiger partial charge in [-0.15, -0.1) is 0 Å². The highest BCUT2D eigenvalue weighted by molar-refractivity contribution is 5.89. The zero-order valence-corrected chi connectivity index (χ0v) is 10.7. The molecule has 0 saturated heterocycles. The molecule has 0 radical (unpaired) electrons. The van der Waals surface area contributed by atoms with Gasteiger partial charge < -0.3 is 4.74 Å². The Bertz CT molecular complexity index is 293. The number of nitrogens with zero attached hydrogens (tertiary/aromatic N) is 1. The summed E-state index contributed by atoms with van der Waals surface area (Å²) in [6.07, 6.45) is 6.19. The summed E-state index contributed by atoms with van der Waals surface area (Å²) in [6.45, 7) is 7.96. The lowest BCUT2D eigenvalue weighted by molar-refractivity contribution is -0.139. The lowest BCUT2D eigenvalue weighted by Crippen LogP contribution is -2.18. The molecule has 0 rings (SSSR count). The Morgan fingerprint density at radius 1 is 1.35 bits per heavy atom. The Balaban J connectivity index is 3.96. The second-order valence-corrected chi connectivity index (χ2v) is 3.87. The Hall–Kier alpha value is -1.41. The van der Waals surface area contributed by atoms with Crippen LogP contribution in [0.2, 0.25) is 0 Å². The molecule has 0 spiro atoms. The number of unbranched alkanes of at least 4 members (excludes halogenated alkanes) is 3. The molecule has 4 heteroatoms. The Morgan fingerprint density at radius 2 is 2.06 bits per heavy atom. The predicted octanol–water partition coefficient (Wildman–Crippen LogP) is 2.78. The van der Waals surface area contributed by atoms with E-state index in [0.717, 1.165) is 25.7 Å². The van der Waals surface area contributed by atoms with Crippen LogP contribution in [-0.4, -0.2) is 24.7 Å². The maximum absolute atomic E-state index is 11.5. The minimum Gasteiger partial charge on any atom is -0.462 e. The Labute approximate surface area is 103 Å². The molecule has 4 nitrogen and oxygen atoms in total. The lowest BCUT2D eigenvalue weighted by Gasteiger charge is -2.11. The third-order valence-electron chi connectivity index (χ3n) is 2.49. The van der Waals surface area contributed by atoms with Crippen LogP contribution in [0.5, 0.6) is 0 Å². The van der Waals surface area contributed by atoms with Crippen LogP contribution >= 0.6 is 0 Å². The molecule has 17 heavy (non-hydrogen) atoms. The van der Waals surface area contributed by atoms with Crippen molar-refractivity contribution in [3.63, 3.8) is 0 Å². The molecule has 0 amide bonds. The SMILES string of the molecule is C=C(C(=O)OCCCCCC)C(CC)N=C=O. The monoisotopic (exact) mass is 239 g/mol. The van der Waals surface area contributed by atoms with Gasteiger partial charge in [0.2, 0.25) is 6.08 Å². The van der Waals surface area contributed by atoms with Crippen molar-refractivity contribution in [3.8, 4) is 0 Å². The van der Waals surface area contributed by atoms with E-state index in [4.69, 9.17) is 4.74 Å². The first-order valence-corrected chi connectivity index (χ1v) is 6.10. The van der Waals surface area contributed by atoms with E-state index < -0.39 is 12.0 Å². The number of hydrogen-bond donors (Lipinski definition) is 0. The van der Waals surface area contributed by atoms with E-state index in [1.807, 2.05) is 6.92 Å². The molecular formula is C13H21NO3. The number of carbonyl (C=O) groups excluding carboxylic acids is 2. The number of esters is 1. The number of rotatable bonds is 9. The Morgan fingerprint density at radius 3 is 2.59 bits per heavy atom. The minimum atomic E-state index is -0.504. The molecule has 0 bridgehead atoms. The zero-order valence-electron chi connectivity index (χ0n) is 10.7. The highest BCUT2D eigenvalue weighted by atomic mass is 16.5. The summed E-state index contributed by atoms with van der Waals surface area (Å²) in [6, 6.07) is -0.504. The van der Waals surface area contributed by atoms with Crippen molar-refractivity contribution in [2.45, 2.75) is 52.0 Å². The summed E-state index contributed by atoms with van der Waals surface area (Å²) in [5.74, 6) is -0.465. The van der Waals surface area contributed by atoms with E-state index in [9.17, 15) is 9.59 Å². The fraction of sp³-hybridized carbons (Fsp3) is 0.692. The van der Waals surface area contributed by atoms with E-state index in [1.165, 1.54) is 6.08 Å². The van der Waals surface area contributed by atoms with Crippen LogP contribution in [0.15, 0.2) is 17.1 Å². The molecule has 0 aromatic heterocycles. The molecule has 0 fully saturated rings. The highest BCUT2D eigenvalue weighted by Gasteiger charge is 2.17. The van der Waals surface area contributed by atoms with Gasteiger partial charge >= 0.3 is 5.97 Å².